The summed E-state index contributed by atoms with van der Waals surface area (Å²) in [6, 6.07) is 0. The van der Waals surface area contributed by atoms with Crippen LogP contribution in [0.4, 0.5) is 0 Å². The standard InChI is InChI=1S/C32H62O2/c1-5-6-7-8-9-10-11-12-13-14-15-16-17-18-19-20-21-22-23-27-32(33)34-29-28-31(4)26-24-25-30(2)3/h12-13,30-31H,5-11,14-29H2,1-4H3. The number of ether oxygens (including phenoxy) is 1. The maximum absolute atomic E-state index is 11.9. The van der Waals surface area contributed by atoms with Gasteiger partial charge in [0.15, 0.2) is 0 Å². The van der Waals surface area contributed by atoms with Gasteiger partial charge in [-0.05, 0) is 50.4 Å². The number of allylic oxidation sites excluding steroid dienone is 2. The maximum atomic E-state index is 11.9. The Bertz CT molecular complexity index is 440. The Kier molecular flexibility index (Phi) is 26.2. The highest BCUT2D eigenvalue weighted by Gasteiger charge is 2.06. The van der Waals surface area contributed by atoms with Crippen LogP contribution in [0.15, 0.2) is 12.2 Å². The Hall–Kier alpha value is -0.790. The van der Waals surface area contributed by atoms with Crippen LogP contribution in [-0.4, -0.2) is 12.6 Å². The summed E-state index contributed by atoms with van der Waals surface area (Å²) in [5, 5.41) is 0. The van der Waals surface area contributed by atoms with Crippen LogP contribution in [0.3, 0.4) is 0 Å². The Balaban J connectivity index is 3.27. The van der Waals surface area contributed by atoms with E-state index in [2.05, 4.69) is 39.8 Å². The largest absolute Gasteiger partial charge is 0.466 e. The normalized spacial score (nSPS) is 12.6. The van der Waals surface area contributed by atoms with Crippen LogP contribution >= 0.6 is 0 Å². The molecule has 1 unspecified atom stereocenters. The summed E-state index contributed by atoms with van der Waals surface area (Å²) >= 11 is 0. The predicted octanol–water partition coefficient (Wildman–Crippen LogP) is 11.0. The molecule has 2 nitrogen and oxygen atoms in total. The van der Waals surface area contributed by atoms with Crippen LogP contribution in [0.1, 0.15) is 169 Å². The maximum Gasteiger partial charge on any atom is 0.305 e. The quantitative estimate of drug-likeness (QED) is 0.0701. The lowest BCUT2D eigenvalue weighted by Gasteiger charge is -2.12. The van der Waals surface area contributed by atoms with E-state index >= 15 is 0 Å². The number of hydrogen-bond acceptors (Lipinski definition) is 2. The van der Waals surface area contributed by atoms with E-state index in [9.17, 15) is 4.79 Å². The number of hydrogen-bond donors (Lipinski definition) is 0. The first kappa shape index (κ1) is 33.2. The minimum atomic E-state index is 0.00963. The van der Waals surface area contributed by atoms with Crippen molar-refractivity contribution in [1.29, 1.82) is 0 Å². The van der Waals surface area contributed by atoms with Gasteiger partial charge in [-0.2, -0.15) is 0 Å². The first-order valence-electron chi connectivity index (χ1n) is 15.4. The zero-order valence-corrected chi connectivity index (χ0v) is 23.9. The molecule has 0 aromatic rings. The molecule has 0 aromatic heterocycles. The highest BCUT2D eigenvalue weighted by atomic mass is 16.5. The Labute approximate surface area is 215 Å². The van der Waals surface area contributed by atoms with Gasteiger partial charge in [-0.25, -0.2) is 0 Å². The molecule has 0 rings (SSSR count). The van der Waals surface area contributed by atoms with Crippen molar-refractivity contribution in [2.24, 2.45) is 11.8 Å². The molecule has 0 aromatic carbocycles. The van der Waals surface area contributed by atoms with E-state index < -0.39 is 0 Å². The van der Waals surface area contributed by atoms with Crippen molar-refractivity contribution >= 4 is 5.97 Å². The molecule has 202 valence electrons. The van der Waals surface area contributed by atoms with Gasteiger partial charge in [0.05, 0.1) is 6.61 Å². The second kappa shape index (κ2) is 26.8. The zero-order chi connectivity index (χ0) is 25.1. The van der Waals surface area contributed by atoms with Crippen molar-refractivity contribution in [1.82, 2.24) is 0 Å². The topological polar surface area (TPSA) is 26.3 Å². The molecule has 0 amide bonds. The third-order valence-corrected chi connectivity index (χ3v) is 6.99. The Morgan fingerprint density at radius 1 is 0.618 bits per heavy atom. The van der Waals surface area contributed by atoms with Gasteiger partial charge >= 0.3 is 5.97 Å². The average molecular weight is 479 g/mol. The minimum Gasteiger partial charge on any atom is -0.466 e. The summed E-state index contributed by atoms with van der Waals surface area (Å²) in [6.07, 6.45) is 32.8. The lowest BCUT2D eigenvalue weighted by molar-refractivity contribution is -0.144. The number of rotatable bonds is 26. The van der Waals surface area contributed by atoms with Crippen molar-refractivity contribution in [3.63, 3.8) is 0 Å². The van der Waals surface area contributed by atoms with Gasteiger partial charge in [0.1, 0.15) is 0 Å². The van der Waals surface area contributed by atoms with Crippen LogP contribution in [-0.2, 0) is 9.53 Å². The highest BCUT2D eigenvalue weighted by Crippen LogP contribution is 2.16. The molecule has 0 aliphatic heterocycles. The number of esters is 1. The smallest absolute Gasteiger partial charge is 0.305 e. The van der Waals surface area contributed by atoms with Crippen LogP contribution in [0.25, 0.3) is 0 Å². The van der Waals surface area contributed by atoms with E-state index in [-0.39, 0.29) is 5.97 Å². The van der Waals surface area contributed by atoms with Crippen LogP contribution in [0.2, 0.25) is 0 Å². The second-order valence-corrected chi connectivity index (χ2v) is 11.2. The van der Waals surface area contributed by atoms with Crippen molar-refractivity contribution in [3.05, 3.63) is 12.2 Å². The van der Waals surface area contributed by atoms with Crippen molar-refractivity contribution in [3.8, 4) is 0 Å². The molecular weight excluding hydrogens is 416 g/mol. The van der Waals surface area contributed by atoms with Gasteiger partial charge in [-0.3, -0.25) is 4.79 Å². The lowest BCUT2D eigenvalue weighted by Crippen LogP contribution is -2.08. The molecular formula is C32H62O2. The number of unbranched alkanes of at least 4 members (excludes halogenated alkanes) is 15. The van der Waals surface area contributed by atoms with E-state index in [1.54, 1.807) is 0 Å². The minimum absolute atomic E-state index is 0.00963. The number of carbonyl (C=O) groups is 1. The first-order chi connectivity index (χ1) is 16.6. The van der Waals surface area contributed by atoms with E-state index in [4.69, 9.17) is 4.74 Å². The first-order valence-corrected chi connectivity index (χ1v) is 15.4. The number of carbonyl (C=O) groups excluding carboxylic acids is 1. The van der Waals surface area contributed by atoms with Gasteiger partial charge in [0.25, 0.3) is 0 Å². The van der Waals surface area contributed by atoms with Gasteiger partial charge in [0, 0.05) is 6.42 Å². The Morgan fingerprint density at radius 2 is 1.12 bits per heavy atom. The second-order valence-electron chi connectivity index (χ2n) is 11.2. The molecule has 0 heterocycles. The van der Waals surface area contributed by atoms with E-state index in [0.717, 1.165) is 18.8 Å². The molecule has 0 aliphatic carbocycles. The summed E-state index contributed by atoms with van der Waals surface area (Å²) in [6.45, 7) is 9.74. The molecule has 0 saturated carbocycles. The fourth-order valence-electron chi connectivity index (χ4n) is 4.51. The molecule has 0 aliphatic rings. The van der Waals surface area contributed by atoms with E-state index in [0.29, 0.717) is 18.9 Å². The predicted molar refractivity (Wildman–Crippen MR) is 151 cm³/mol. The SMILES string of the molecule is CCCCCCCCC=CCCCCCCCCCCCC(=O)OCCC(C)CCCC(C)C. The van der Waals surface area contributed by atoms with Crippen LogP contribution < -0.4 is 0 Å². The van der Waals surface area contributed by atoms with Crippen molar-refractivity contribution < 1.29 is 9.53 Å². The van der Waals surface area contributed by atoms with Gasteiger partial charge in [-0.15, -0.1) is 0 Å². The monoisotopic (exact) mass is 478 g/mol. The molecule has 0 spiro atoms. The van der Waals surface area contributed by atoms with E-state index in [1.165, 1.54) is 122 Å². The third-order valence-electron chi connectivity index (χ3n) is 6.99. The fourth-order valence-corrected chi connectivity index (χ4v) is 4.51. The summed E-state index contributed by atoms with van der Waals surface area (Å²) in [5.74, 6) is 1.47. The van der Waals surface area contributed by atoms with Gasteiger partial charge in [0.2, 0.25) is 0 Å². The summed E-state index contributed by atoms with van der Waals surface area (Å²) in [7, 11) is 0. The molecule has 1 atom stereocenters. The third kappa shape index (κ3) is 27.5. The molecule has 0 saturated heterocycles. The average Bonchev–Trinajstić information content (AvgIpc) is 2.80. The molecule has 0 radical (unpaired) electrons. The Morgan fingerprint density at radius 3 is 1.65 bits per heavy atom. The van der Waals surface area contributed by atoms with Crippen molar-refractivity contribution in [2.75, 3.05) is 6.61 Å². The van der Waals surface area contributed by atoms with E-state index in [1.807, 2.05) is 0 Å². The molecule has 0 fully saturated rings. The summed E-state index contributed by atoms with van der Waals surface area (Å²) in [4.78, 5) is 11.9. The summed E-state index contributed by atoms with van der Waals surface area (Å²) < 4.78 is 5.43. The van der Waals surface area contributed by atoms with Crippen LogP contribution in [0.5, 0.6) is 0 Å². The van der Waals surface area contributed by atoms with Gasteiger partial charge in [-0.1, -0.05) is 136 Å². The molecule has 34 heavy (non-hydrogen) atoms. The molecule has 0 bridgehead atoms. The fraction of sp³-hybridized carbons (Fsp3) is 0.906. The van der Waals surface area contributed by atoms with Gasteiger partial charge < -0.3 is 4.74 Å². The lowest BCUT2D eigenvalue weighted by atomic mass is 9.98. The highest BCUT2D eigenvalue weighted by molar-refractivity contribution is 5.69. The van der Waals surface area contributed by atoms with Crippen LogP contribution in [0, 0.1) is 11.8 Å². The molecule has 0 N–H and O–H groups in total. The van der Waals surface area contributed by atoms with Crippen molar-refractivity contribution in [2.45, 2.75) is 169 Å². The summed E-state index contributed by atoms with van der Waals surface area (Å²) in [5.41, 5.74) is 0. The zero-order valence-electron chi connectivity index (χ0n) is 23.9. The molecule has 2 heteroatoms.